The molecule has 2 aromatic rings. The van der Waals surface area contributed by atoms with E-state index in [-0.39, 0.29) is 47.1 Å². The summed E-state index contributed by atoms with van der Waals surface area (Å²) in [5.41, 5.74) is 6.38. The molecule has 0 bridgehead atoms. The van der Waals surface area contributed by atoms with E-state index in [2.05, 4.69) is 19.5 Å². The van der Waals surface area contributed by atoms with Crippen LogP contribution in [0, 0.1) is 0 Å². The van der Waals surface area contributed by atoms with Crippen LogP contribution in [0.25, 0.3) is 11.2 Å². The Hall–Kier alpha value is -0.820. The summed E-state index contributed by atoms with van der Waals surface area (Å²) in [4.78, 5) is 41.0. The first-order valence-corrected chi connectivity index (χ1v) is 9.23. The number of ether oxygens (including phenoxy) is 2. The van der Waals surface area contributed by atoms with Crippen LogP contribution in [-0.4, -0.2) is 83.6 Å². The minimum atomic E-state index is -4.71. The third-order valence-corrected chi connectivity index (χ3v) is 4.29. The number of hydrogen-bond acceptors (Lipinski definition) is 9. The van der Waals surface area contributed by atoms with Crippen molar-refractivity contribution in [3.05, 3.63) is 11.6 Å². The van der Waals surface area contributed by atoms with Gasteiger partial charge in [0.05, 0.1) is 12.9 Å². The molecule has 1 aliphatic heterocycles. The molecule has 0 spiro atoms. The zero-order valence-electron chi connectivity index (χ0n) is 13.4. The second-order valence-corrected chi connectivity index (χ2v) is 7.08. The van der Waals surface area contributed by atoms with Crippen molar-refractivity contribution in [3.63, 3.8) is 0 Å². The van der Waals surface area contributed by atoms with E-state index < -0.39 is 38.8 Å². The van der Waals surface area contributed by atoms with Gasteiger partial charge in [-0.05, 0) is 11.6 Å². The average Bonchev–Trinajstić information content (AvgIpc) is 3.07. The predicted octanol–water partition coefficient (Wildman–Crippen LogP) is -0.258. The first kappa shape index (κ1) is 22.5. The summed E-state index contributed by atoms with van der Waals surface area (Å²) in [5, 5.41) is -0.0762. The van der Waals surface area contributed by atoms with Gasteiger partial charge in [0.15, 0.2) is 11.5 Å². The van der Waals surface area contributed by atoms with Crippen molar-refractivity contribution in [2.24, 2.45) is 0 Å². The first-order chi connectivity index (χ1) is 12.1. The van der Waals surface area contributed by atoms with Gasteiger partial charge in [0.2, 0.25) is 5.28 Å². The van der Waals surface area contributed by atoms with Gasteiger partial charge in [0.25, 0.3) is 0 Å². The van der Waals surface area contributed by atoms with Gasteiger partial charge in [0, 0.05) is 13.3 Å². The van der Waals surface area contributed by atoms with Crippen molar-refractivity contribution < 1.29 is 33.1 Å². The number of carbonyl (C=O) groups excluding carboxylic acids is 1. The fourth-order valence-electron chi connectivity index (χ4n) is 2.65. The number of fused-ring (bicyclic) bond motifs is 1. The normalized spacial score (nSPS) is 22.6. The van der Waals surface area contributed by atoms with Crippen molar-refractivity contribution in [2.45, 2.75) is 31.8 Å². The van der Waals surface area contributed by atoms with Crippen LogP contribution in [0.5, 0.6) is 0 Å². The van der Waals surface area contributed by atoms with Crippen molar-refractivity contribution >= 4 is 71.9 Å². The van der Waals surface area contributed by atoms with E-state index in [0.29, 0.717) is 11.2 Å². The third kappa shape index (κ3) is 5.37. The zero-order chi connectivity index (χ0) is 19.1. The average molecular weight is 432 g/mol. The van der Waals surface area contributed by atoms with Crippen LogP contribution < -0.4 is 5.73 Å². The quantitative estimate of drug-likeness (QED) is 0.246. The van der Waals surface area contributed by atoms with Gasteiger partial charge in [-0.3, -0.25) is 13.9 Å². The summed E-state index contributed by atoms with van der Waals surface area (Å²) >= 11 is 5.83. The molecular formula is C12H16ClN5NaO7P. The van der Waals surface area contributed by atoms with Crippen LogP contribution >= 0.6 is 19.4 Å². The van der Waals surface area contributed by atoms with Crippen LogP contribution in [0.4, 0.5) is 5.82 Å². The minimum absolute atomic E-state index is 0. The Balaban J connectivity index is 0.00000261. The van der Waals surface area contributed by atoms with Crippen molar-refractivity contribution in [1.82, 2.24) is 19.5 Å². The number of phosphoric ester groups is 1. The molecule has 0 aliphatic carbocycles. The molecule has 27 heavy (non-hydrogen) atoms. The number of halogens is 1. The molecule has 0 saturated carbocycles. The Kier molecular flexibility index (Phi) is 7.22. The molecule has 0 amide bonds. The van der Waals surface area contributed by atoms with Gasteiger partial charge in [-0.1, -0.05) is 0 Å². The van der Waals surface area contributed by atoms with E-state index in [0.717, 1.165) is 0 Å². The molecule has 1 fully saturated rings. The van der Waals surface area contributed by atoms with Gasteiger partial charge in [-0.15, -0.1) is 0 Å². The third-order valence-electron chi connectivity index (χ3n) is 3.64. The maximum absolute atomic E-state index is 11.3. The van der Waals surface area contributed by atoms with Crippen molar-refractivity contribution in [1.29, 1.82) is 0 Å². The van der Waals surface area contributed by atoms with Gasteiger partial charge < -0.3 is 25.0 Å². The number of phosphoric acid groups is 1. The van der Waals surface area contributed by atoms with E-state index in [1.807, 2.05) is 0 Å². The fraction of sp³-hybridized carbons (Fsp3) is 0.500. The Morgan fingerprint density at radius 3 is 2.85 bits per heavy atom. The predicted molar refractivity (Wildman–Crippen MR) is 94.0 cm³/mol. The number of imidazole rings is 1. The molecule has 3 heterocycles. The topological polar surface area (TPSA) is 172 Å². The number of nitrogen functional groups attached to an aromatic ring is 1. The van der Waals surface area contributed by atoms with E-state index in [1.54, 1.807) is 0 Å². The zero-order valence-corrected chi connectivity index (χ0v) is 15.0. The Morgan fingerprint density at radius 1 is 1.52 bits per heavy atom. The SMILES string of the molecule is CC(=O)OC1C[C@H](n2cnc3c(N)nc(Cl)nc32)O[C@@H]1COP(=O)(O)O.[NaH]. The molecule has 0 radical (unpaired) electrons. The van der Waals surface area contributed by atoms with Gasteiger partial charge in [0.1, 0.15) is 24.0 Å². The first-order valence-electron chi connectivity index (χ1n) is 7.32. The molecule has 12 nitrogen and oxygen atoms in total. The summed E-state index contributed by atoms with van der Waals surface area (Å²) < 4.78 is 27.8. The van der Waals surface area contributed by atoms with Crippen molar-refractivity contribution in [2.75, 3.05) is 12.3 Å². The Labute approximate surface area is 179 Å². The number of anilines is 1. The van der Waals surface area contributed by atoms with Gasteiger partial charge in [-0.2, -0.15) is 9.97 Å². The van der Waals surface area contributed by atoms with E-state index in [1.165, 1.54) is 17.8 Å². The number of nitrogens with zero attached hydrogens (tertiary/aromatic N) is 4. The summed E-state index contributed by atoms with van der Waals surface area (Å²) in [6.45, 7) is 0.748. The monoisotopic (exact) mass is 431 g/mol. The standard InChI is InChI=1S/C12H15ClN5O7P.Na.H/c1-5(19)24-6-2-8(25-7(6)3-23-26(20,21)22)18-4-15-9-10(14)16-12(13)17-11(9)18;;/h4,6-8H,2-3H2,1H3,(H2,14,16,17)(H2,20,21,22);;/t6?,7-,8-;;/m1../s1. The van der Waals surface area contributed by atoms with Crippen LogP contribution in [0.2, 0.25) is 5.28 Å². The van der Waals surface area contributed by atoms with Crippen molar-refractivity contribution in [3.8, 4) is 0 Å². The molecule has 3 rings (SSSR count). The molecular weight excluding hydrogens is 416 g/mol. The number of esters is 1. The molecule has 3 atom stereocenters. The summed E-state index contributed by atoms with van der Waals surface area (Å²) in [7, 11) is -4.71. The van der Waals surface area contributed by atoms with Crippen LogP contribution in [0.1, 0.15) is 19.6 Å². The van der Waals surface area contributed by atoms with Crippen LogP contribution in [-0.2, 0) is 23.4 Å². The van der Waals surface area contributed by atoms with E-state index in [4.69, 9.17) is 36.6 Å². The van der Waals surface area contributed by atoms with E-state index in [9.17, 15) is 9.36 Å². The van der Waals surface area contributed by atoms with Crippen LogP contribution in [0.15, 0.2) is 6.33 Å². The Morgan fingerprint density at radius 2 is 2.22 bits per heavy atom. The van der Waals surface area contributed by atoms with E-state index >= 15 is 0 Å². The van der Waals surface area contributed by atoms with Gasteiger partial charge >= 0.3 is 43.3 Å². The summed E-state index contributed by atoms with van der Waals surface area (Å²) in [5.74, 6) is -0.472. The Bertz CT molecular complexity index is 892. The molecule has 0 aromatic carbocycles. The number of rotatable bonds is 5. The fourth-order valence-corrected chi connectivity index (χ4v) is 3.16. The molecule has 144 valence electrons. The number of carbonyl (C=O) groups is 1. The summed E-state index contributed by atoms with van der Waals surface area (Å²) in [6, 6.07) is 0. The van der Waals surface area contributed by atoms with Gasteiger partial charge in [-0.25, -0.2) is 9.55 Å². The number of aromatic nitrogens is 4. The second kappa shape index (κ2) is 8.68. The number of hydrogen-bond donors (Lipinski definition) is 3. The molecule has 4 N–H and O–H groups in total. The summed E-state index contributed by atoms with van der Waals surface area (Å²) in [6.07, 6.45) is -0.782. The van der Waals surface area contributed by atoms with Crippen LogP contribution in [0.3, 0.4) is 0 Å². The molecule has 15 heteroatoms. The molecule has 1 aliphatic rings. The molecule has 2 aromatic heterocycles. The number of nitrogens with two attached hydrogens (primary N) is 1. The maximum atomic E-state index is 11.3. The molecule has 1 unspecified atom stereocenters. The second-order valence-electron chi connectivity index (χ2n) is 5.50. The molecule has 1 saturated heterocycles.